The molecule has 0 radical (unpaired) electrons. The van der Waals surface area contributed by atoms with Crippen LogP contribution in [0.1, 0.15) is 53.3 Å². The predicted octanol–water partition coefficient (Wildman–Crippen LogP) is 1.84. The summed E-state index contributed by atoms with van der Waals surface area (Å²) in [4.78, 5) is 4.64. The third kappa shape index (κ3) is 2.10. The van der Waals surface area contributed by atoms with Crippen LogP contribution in [-0.2, 0) is 16.4 Å². The van der Waals surface area contributed by atoms with Crippen molar-refractivity contribution in [1.82, 2.24) is 9.55 Å². The van der Waals surface area contributed by atoms with Gasteiger partial charge in [-0.3, -0.25) is 0 Å². The molecule has 0 amide bonds. The van der Waals surface area contributed by atoms with Crippen molar-refractivity contribution in [3.8, 4) is 0 Å². The molecule has 1 aliphatic heterocycles. The number of hydrogen-bond donors (Lipinski definition) is 0. The van der Waals surface area contributed by atoms with Crippen molar-refractivity contribution in [2.24, 2.45) is 7.05 Å². The third-order valence-corrected chi connectivity index (χ3v) is 3.94. The molecule has 0 bridgehead atoms. The zero-order valence-corrected chi connectivity index (χ0v) is 12.4. The first-order chi connectivity index (χ1) is 8.14. The molecule has 0 aliphatic carbocycles. The molecule has 0 unspecified atom stereocenters. The Kier molecular flexibility index (Phi) is 3.10. The van der Waals surface area contributed by atoms with Crippen LogP contribution in [-0.4, -0.2) is 27.9 Å². The fourth-order valence-corrected chi connectivity index (χ4v) is 2.12. The average Bonchev–Trinajstić information content (AvgIpc) is 2.66. The van der Waals surface area contributed by atoms with E-state index in [-0.39, 0.29) is 18.3 Å². The summed E-state index contributed by atoms with van der Waals surface area (Å²) in [6, 6.07) is 0. The van der Waals surface area contributed by atoms with Crippen LogP contribution in [0.5, 0.6) is 0 Å². The highest BCUT2D eigenvalue weighted by atomic mass is 16.7. The van der Waals surface area contributed by atoms with Crippen LogP contribution in [0.2, 0.25) is 0 Å². The van der Waals surface area contributed by atoms with Gasteiger partial charge in [0.2, 0.25) is 0 Å². The van der Waals surface area contributed by atoms with Crippen molar-refractivity contribution in [3.05, 3.63) is 12.0 Å². The fourth-order valence-electron chi connectivity index (χ4n) is 2.12. The Morgan fingerprint density at radius 3 is 2.06 bits per heavy atom. The highest BCUT2D eigenvalue weighted by Crippen LogP contribution is 2.36. The summed E-state index contributed by atoms with van der Waals surface area (Å²) in [6.45, 7) is 12.5. The normalized spacial score (nSPS) is 21.9. The number of rotatable bonds is 2. The van der Waals surface area contributed by atoms with Gasteiger partial charge >= 0.3 is 7.12 Å². The van der Waals surface area contributed by atoms with Crippen LogP contribution in [0.4, 0.5) is 0 Å². The van der Waals surface area contributed by atoms with E-state index in [0.717, 1.165) is 11.4 Å². The number of aryl methyl sites for hydroxylation is 1. The molecule has 1 saturated heterocycles. The predicted molar refractivity (Wildman–Crippen MR) is 73.0 cm³/mol. The fraction of sp³-hybridized carbons (Fsp3) is 0.769. The van der Waals surface area contributed by atoms with E-state index in [2.05, 4.69) is 46.5 Å². The summed E-state index contributed by atoms with van der Waals surface area (Å²) in [7, 11) is 1.64. The summed E-state index contributed by atoms with van der Waals surface area (Å²) < 4.78 is 14.0. The van der Waals surface area contributed by atoms with Gasteiger partial charge in [-0.15, -0.1) is 0 Å². The lowest BCUT2D eigenvalue weighted by molar-refractivity contribution is 0.00578. The Morgan fingerprint density at radius 2 is 1.67 bits per heavy atom. The minimum Gasteiger partial charge on any atom is -0.398 e. The summed E-state index contributed by atoms with van der Waals surface area (Å²) in [5, 5.41) is 0. The van der Waals surface area contributed by atoms with Gasteiger partial charge in [0, 0.05) is 19.2 Å². The molecule has 1 aliphatic rings. The Hall–Kier alpha value is -0.805. The lowest BCUT2D eigenvalue weighted by Gasteiger charge is -2.32. The molecule has 0 spiro atoms. The SMILES string of the molecule is CC(C)c1nc(B2OC(C)(C)C(C)(C)O2)cn1C. The zero-order valence-electron chi connectivity index (χ0n) is 12.4. The Bertz CT molecular complexity index is 436. The van der Waals surface area contributed by atoms with Crippen molar-refractivity contribution < 1.29 is 9.31 Å². The van der Waals surface area contributed by atoms with Gasteiger partial charge in [0.05, 0.1) is 16.8 Å². The van der Waals surface area contributed by atoms with Gasteiger partial charge in [-0.25, -0.2) is 4.98 Å². The zero-order chi connectivity index (χ0) is 13.7. The van der Waals surface area contributed by atoms with Crippen molar-refractivity contribution in [2.45, 2.75) is 58.7 Å². The van der Waals surface area contributed by atoms with E-state index >= 15 is 0 Å². The maximum absolute atomic E-state index is 6.00. The van der Waals surface area contributed by atoms with Gasteiger partial charge in [0.25, 0.3) is 0 Å². The molecule has 2 rings (SSSR count). The molecule has 0 saturated carbocycles. The first kappa shape index (κ1) is 13.6. The molecule has 1 aromatic rings. The van der Waals surface area contributed by atoms with Gasteiger partial charge in [-0.1, -0.05) is 13.8 Å². The molecule has 2 heterocycles. The second kappa shape index (κ2) is 4.10. The van der Waals surface area contributed by atoms with E-state index in [1.165, 1.54) is 0 Å². The van der Waals surface area contributed by atoms with Crippen molar-refractivity contribution >= 4 is 12.7 Å². The molecule has 18 heavy (non-hydrogen) atoms. The maximum Gasteiger partial charge on any atom is 0.516 e. The average molecular weight is 250 g/mol. The van der Waals surface area contributed by atoms with Crippen molar-refractivity contribution in [3.63, 3.8) is 0 Å². The lowest BCUT2D eigenvalue weighted by Crippen LogP contribution is -2.41. The summed E-state index contributed by atoms with van der Waals surface area (Å²) >= 11 is 0. The first-order valence-electron chi connectivity index (χ1n) is 6.53. The van der Waals surface area contributed by atoms with Crippen LogP contribution in [0.25, 0.3) is 0 Å². The second-order valence-electron chi connectivity index (χ2n) is 6.38. The number of nitrogens with zero attached hydrogens (tertiary/aromatic N) is 2. The highest BCUT2D eigenvalue weighted by Gasteiger charge is 2.52. The first-order valence-corrected chi connectivity index (χ1v) is 6.53. The van der Waals surface area contributed by atoms with Gasteiger partial charge in [0.15, 0.2) is 0 Å². The summed E-state index contributed by atoms with van der Waals surface area (Å²) in [5.41, 5.74) is 0.236. The quantitative estimate of drug-likeness (QED) is 0.751. The topological polar surface area (TPSA) is 36.3 Å². The van der Waals surface area contributed by atoms with E-state index in [0.29, 0.717) is 5.92 Å². The molecular weight excluding hydrogens is 227 g/mol. The van der Waals surface area contributed by atoms with Crippen LogP contribution in [0.3, 0.4) is 0 Å². The number of aromatic nitrogens is 2. The maximum atomic E-state index is 6.00. The molecule has 0 aromatic carbocycles. The Balaban J connectivity index is 2.27. The largest absolute Gasteiger partial charge is 0.516 e. The van der Waals surface area contributed by atoms with E-state index < -0.39 is 0 Å². The molecule has 0 atom stereocenters. The minimum absolute atomic E-state index is 0.312. The molecule has 100 valence electrons. The van der Waals surface area contributed by atoms with E-state index in [9.17, 15) is 0 Å². The van der Waals surface area contributed by atoms with Gasteiger partial charge in [-0.2, -0.15) is 0 Å². The molecular formula is C13H23BN2O2. The van der Waals surface area contributed by atoms with Crippen molar-refractivity contribution in [2.75, 3.05) is 0 Å². The molecule has 4 nitrogen and oxygen atoms in total. The Morgan fingerprint density at radius 1 is 1.17 bits per heavy atom. The smallest absolute Gasteiger partial charge is 0.398 e. The molecule has 1 fully saturated rings. The van der Waals surface area contributed by atoms with Crippen LogP contribution in [0.15, 0.2) is 6.20 Å². The summed E-state index contributed by atoms with van der Waals surface area (Å²) in [6.07, 6.45) is 2.00. The monoisotopic (exact) mass is 250 g/mol. The second-order valence-corrected chi connectivity index (χ2v) is 6.38. The van der Waals surface area contributed by atoms with Crippen molar-refractivity contribution in [1.29, 1.82) is 0 Å². The molecule has 1 aromatic heterocycles. The minimum atomic E-state index is -0.367. The van der Waals surface area contributed by atoms with E-state index in [1.54, 1.807) is 0 Å². The molecule has 5 heteroatoms. The van der Waals surface area contributed by atoms with Gasteiger partial charge < -0.3 is 13.9 Å². The standard InChI is InChI=1S/C13H23BN2O2/c1-9(2)11-15-10(8-16(11)7)14-17-12(3,4)13(5,6)18-14/h8-9H,1-7H3. The van der Waals surface area contributed by atoms with Crippen LogP contribution >= 0.6 is 0 Å². The number of imidazole rings is 1. The Labute approximate surface area is 110 Å². The van der Waals surface area contributed by atoms with Crippen LogP contribution < -0.4 is 5.59 Å². The number of hydrogen-bond acceptors (Lipinski definition) is 3. The van der Waals surface area contributed by atoms with Gasteiger partial charge in [0.1, 0.15) is 5.82 Å². The molecule has 0 N–H and O–H groups in total. The van der Waals surface area contributed by atoms with Gasteiger partial charge in [-0.05, 0) is 27.7 Å². The van der Waals surface area contributed by atoms with E-state index in [1.807, 2.05) is 17.8 Å². The lowest BCUT2D eigenvalue weighted by atomic mass is 9.86. The van der Waals surface area contributed by atoms with Crippen LogP contribution in [0, 0.1) is 0 Å². The summed E-state index contributed by atoms with van der Waals surface area (Å²) in [5.74, 6) is 1.45. The highest BCUT2D eigenvalue weighted by molar-refractivity contribution is 6.61. The van der Waals surface area contributed by atoms with E-state index in [4.69, 9.17) is 9.31 Å². The third-order valence-electron chi connectivity index (χ3n) is 3.94.